The largest absolute Gasteiger partial charge is 0.460 e. The molecule has 0 saturated carbocycles. The number of carbonyl (C=O) groups excluding carboxylic acids is 1. The first-order chi connectivity index (χ1) is 14.5. The zero-order valence-corrected chi connectivity index (χ0v) is 20.4. The van der Waals surface area contributed by atoms with Gasteiger partial charge < -0.3 is 0 Å². The van der Waals surface area contributed by atoms with Crippen LogP contribution in [0.25, 0.3) is 0 Å². The van der Waals surface area contributed by atoms with Crippen LogP contribution in [-0.2, 0) is 18.5 Å². The van der Waals surface area contributed by atoms with Gasteiger partial charge in [0.25, 0.3) is 0 Å². The molecule has 0 aromatic heterocycles. The number of Topliss-reactive ketones (excluding diaryl/α,β-unsaturated/α-hetero) is 1. The summed E-state index contributed by atoms with van der Waals surface area (Å²) in [4.78, 5) is 12.4. The summed E-state index contributed by atoms with van der Waals surface area (Å²) < 4.78 is 148. The van der Waals surface area contributed by atoms with E-state index in [1.807, 2.05) is 6.92 Å². The van der Waals surface area contributed by atoms with Gasteiger partial charge in [0.1, 0.15) is 5.78 Å². The molecule has 0 saturated heterocycles. The van der Waals surface area contributed by atoms with Crippen LogP contribution in [0.15, 0.2) is 0 Å². The molecule has 4 nitrogen and oxygen atoms in total. The second-order valence-corrected chi connectivity index (χ2v) is 13.8. The number of unbranched alkanes of at least 4 members (excludes halogenated alkanes) is 3. The third kappa shape index (κ3) is 6.50. The number of alkyl halides is 9. The van der Waals surface area contributed by atoms with Crippen molar-refractivity contribution in [2.24, 2.45) is 0 Å². The van der Waals surface area contributed by atoms with Gasteiger partial charge in [0.2, 0.25) is 0 Å². The summed E-state index contributed by atoms with van der Waals surface area (Å²) in [6.45, 7) is 6.88. The summed E-state index contributed by atoms with van der Waals surface area (Å²) in [5, 5.41) is -9.01. The molecule has 33 heavy (non-hydrogen) atoms. The van der Waals surface area contributed by atoms with Crippen LogP contribution in [-0.4, -0.2) is 53.7 Å². The summed E-state index contributed by atoms with van der Waals surface area (Å²) in [6, 6.07) is 0. The Bertz CT molecular complexity index is 755. The SMILES string of the molecule is CCCCCCC(=O)CS(OS(=O)(=O)C(F)(F)C(F)(F)C(F)(F)C(F)(F)F)(C(C)C)C(C)C. The molecule has 15 heteroatoms. The molecule has 0 aromatic carbocycles. The molecule has 0 N–H and O–H groups in total. The monoisotopic (exact) mass is 544 g/mol. The van der Waals surface area contributed by atoms with Crippen molar-refractivity contribution >= 4 is 26.2 Å². The summed E-state index contributed by atoms with van der Waals surface area (Å²) in [5.41, 5.74) is 0. The number of ketones is 1. The van der Waals surface area contributed by atoms with Crippen LogP contribution >= 0.6 is 10.3 Å². The van der Waals surface area contributed by atoms with Crippen molar-refractivity contribution in [2.45, 2.75) is 100 Å². The zero-order chi connectivity index (χ0) is 26.7. The minimum absolute atomic E-state index is 0.101. The Kier molecular flexibility index (Phi) is 10.7. The highest BCUT2D eigenvalue weighted by Gasteiger charge is 2.86. The molecular formula is C18H29F9O4S2. The molecule has 0 aliphatic carbocycles. The molecule has 0 fully saturated rings. The van der Waals surface area contributed by atoms with Crippen LogP contribution in [0.3, 0.4) is 0 Å². The van der Waals surface area contributed by atoms with Gasteiger partial charge in [-0.05, 0) is 6.42 Å². The number of hydrogen-bond acceptors (Lipinski definition) is 4. The van der Waals surface area contributed by atoms with Crippen LogP contribution in [0, 0.1) is 0 Å². The predicted molar refractivity (Wildman–Crippen MR) is 107 cm³/mol. The first-order valence-corrected chi connectivity index (χ1v) is 13.3. The van der Waals surface area contributed by atoms with Crippen molar-refractivity contribution in [1.29, 1.82) is 0 Å². The lowest BCUT2D eigenvalue weighted by atomic mass is 10.1. The lowest BCUT2D eigenvalue weighted by Gasteiger charge is -2.46. The van der Waals surface area contributed by atoms with E-state index < -0.39 is 65.7 Å². The fraction of sp³-hybridized carbons (Fsp3) is 0.944. The molecule has 0 aliphatic heterocycles. The fourth-order valence-corrected chi connectivity index (χ4v) is 8.83. The van der Waals surface area contributed by atoms with Crippen molar-refractivity contribution in [1.82, 2.24) is 0 Å². The van der Waals surface area contributed by atoms with E-state index in [-0.39, 0.29) is 6.42 Å². The fourth-order valence-electron chi connectivity index (χ4n) is 2.86. The average molecular weight is 545 g/mol. The average Bonchev–Trinajstić information content (AvgIpc) is 2.62. The second-order valence-electron chi connectivity index (χ2n) is 8.06. The maximum absolute atomic E-state index is 14.2. The van der Waals surface area contributed by atoms with Crippen LogP contribution in [0.2, 0.25) is 0 Å². The van der Waals surface area contributed by atoms with Gasteiger partial charge in [-0.2, -0.15) is 47.9 Å². The molecular weight excluding hydrogens is 515 g/mol. The van der Waals surface area contributed by atoms with E-state index in [2.05, 4.69) is 3.63 Å². The van der Waals surface area contributed by atoms with E-state index in [0.29, 0.717) is 12.8 Å². The van der Waals surface area contributed by atoms with Crippen LogP contribution in [0.4, 0.5) is 39.5 Å². The topological polar surface area (TPSA) is 60.4 Å². The van der Waals surface area contributed by atoms with E-state index in [0.717, 1.165) is 12.8 Å². The van der Waals surface area contributed by atoms with E-state index >= 15 is 0 Å². The highest BCUT2D eigenvalue weighted by atomic mass is 32.3. The Balaban J connectivity index is 6.27. The van der Waals surface area contributed by atoms with Gasteiger partial charge in [-0.3, -0.25) is 4.79 Å². The highest BCUT2D eigenvalue weighted by Crippen LogP contribution is 2.62. The zero-order valence-electron chi connectivity index (χ0n) is 18.7. The van der Waals surface area contributed by atoms with Crippen molar-refractivity contribution in [3.8, 4) is 0 Å². The quantitative estimate of drug-likeness (QED) is 0.178. The molecule has 0 aliphatic rings. The lowest BCUT2D eigenvalue weighted by Crippen LogP contribution is -2.63. The number of hydrogen-bond donors (Lipinski definition) is 0. The van der Waals surface area contributed by atoms with Gasteiger partial charge in [-0.25, -0.2) is 3.63 Å². The summed E-state index contributed by atoms with van der Waals surface area (Å²) in [5.74, 6) is -16.2. The van der Waals surface area contributed by atoms with Crippen molar-refractivity contribution < 1.29 is 56.4 Å². The maximum Gasteiger partial charge on any atom is 0.460 e. The van der Waals surface area contributed by atoms with E-state index in [1.54, 1.807) is 0 Å². The van der Waals surface area contributed by atoms with Gasteiger partial charge in [0.15, 0.2) is 0 Å². The Hall–Kier alpha value is -0.700. The van der Waals surface area contributed by atoms with Gasteiger partial charge in [-0.1, -0.05) is 53.9 Å². The molecule has 200 valence electrons. The molecule has 0 rings (SSSR count). The van der Waals surface area contributed by atoms with Gasteiger partial charge >= 0.3 is 33.4 Å². The molecule has 0 spiro atoms. The smallest absolute Gasteiger partial charge is 0.299 e. The van der Waals surface area contributed by atoms with E-state index in [4.69, 9.17) is 0 Å². The lowest BCUT2D eigenvalue weighted by molar-refractivity contribution is -0.382. The summed E-state index contributed by atoms with van der Waals surface area (Å²) >= 11 is 0. The van der Waals surface area contributed by atoms with Gasteiger partial charge in [0.05, 0.1) is 5.75 Å². The third-order valence-corrected chi connectivity index (χ3v) is 11.5. The van der Waals surface area contributed by atoms with Crippen LogP contribution < -0.4 is 0 Å². The molecule has 0 unspecified atom stereocenters. The first kappa shape index (κ1) is 32.3. The molecule has 0 bridgehead atoms. The minimum Gasteiger partial charge on any atom is -0.299 e. The van der Waals surface area contributed by atoms with Crippen molar-refractivity contribution in [3.63, 3.8) is 0 Å². The van der Waals surface area contributed by atoms with Crippen LogP contribution in [0.5, 0.6) is 0 Å². The molecule has 0 amide bonds. The standard InChI is InChI=1S/C18H29F9O4S2/c1-6-7-8-9-10-14(28)11-32(12(2)3,13(4)5)31-33(29,30)18(26,27)16(21,22)15(19,20)17(23,24)25/h12-13H,6-11H2,1-5H3. The molecule has 0 heterocycles. The first-order valence-electron chi connectivity index (χ1n) is 10.0. The Morgan fingerprint density at radius 2 is 1.24 bits per heavy atom. The third-order valence-electron chi connectivity index (χ3n) is 4.94. The van der Waals surface area contributed by atoms with E-state index in [1.165, 1.54) is 27.7 Å². The Labute approximate surface area is 189 Å². The maximum atomic E-state index is 14.2. The molecule has 0 radical (unpaired) electrons. The van der Waals surface area contributed by atoms with Crippen LogP contribution in [0.1, 0.15) is 66.7 Å². The Morgan fingerprint density at radius 3 is 1.61 bits per heavy atom. The molecule has 0 aromatic rings. The molecule has 0 atom stereocenters. The normalized spacial score (nSPS) is 15.4. The van der Waals surface area contributed by atoms with E-state index in [9.17, 15) is 52.7 Å². The number of halogens is 9. The van der Waals surface area contributed by atoms with Gasteiger partial charge in [0, 0.05) is 16.9 Å². The summed E-state index contributed by atoms with van der Waals surface area (Å²) in [7, 11) is -10.6. The second kappa shape index (κ2) is 10.9. The van der Waals surface area contributed by atoms with Gasteiger partial charge in [-0.15, -0.1) is 10.3 Å². The Morgan fingerprint density at radius 1 is 0.788 bits per heavy atom. The number of rotatable bonds is 14. The minimum atomic E-state index is -7.39. The van der Waals surface area contributed by atoms with Crippen molar-refractivity contribution in [3.05, 3.63) is 0 Å². The summed E-state index contributed by atoms with van der Waals surface area (Å²) in [6.07, 6.45) is -4.67. The number of carbonyl (C=O) groups is 1. The highest BCUT2D eigenvalue weighted by molar-refractivity contribution is 8.34. The predicted octanol–water partition coefficient (Wildman–Crippen LogP) is 6.83. The van der Waals surface area contributed by atoms with Crippen molar-refractivity contribution in [2.75, 3.05) is 5.75 Å².